The molecule has 2 aliphatic rings. The SMILES string of the molecule is CCOC1CC(NC(=O)OC(C)(C)C)C1NC(CC)C1CC1. The van der Waals surface area contributed by atoms with Crippen LogP contribution in [-0.2, 0) is 9.47 Å². The number of rotatable bonds is 7. The van der Waals surface area contributed by atoms with Gasteiger partial charge in [-0.15, -0.1) is 0 Å². The van der Waals surface area contributed by atoms with E-state index in [1.165, 1.54) is 12.8 Å². The molecule has 2 rings (SSSR count). The van der Waals surface area contributed by atoms with Crippen LogP contribution in [0.1, 0.15) is 60.3 Å². The Balaban J connectivity index is 1.88. The monoisotopic (exact) mass is 312 g/mol. The number of hydrogen-bond donors (Lipinski definition) is 2. The predicted octanol–water partition coefficient (Wildman–Crippen LogP) is 2.84. The van der Waals surface area contributed by atoms with Gasteiger partial charge in [0.15, 0.2) is 0 Å². The highest BCUT2D eigenvalue weighted by molar-refractivity contribution is 5.68. The van der Waals surface area contributed by atoms with Crippen molar-refractivity contribution in [3.8, 4) is 0 Å². The summed E-state index contributed by atoms with van der Waals surface area (Å²) in [7, 11) is 0. The van der Waals surface area contributed by atoms with Gasteiger partial charge < -0.3 is 20.1 Å². The fourth-order valence-corrected chi connectivity index (χ4v) is 3.16. The molecular formula is C17H32N2O3. The van der Waals surface area contributed by atoms with Crippen LogP contribution in [0, 0.1) is 5.92 Å². The van der Waals surface area contributed by atoms with E-state index >= 15 is 0 Å². The van der Waals surface area contributed by atoms with Gasteiger partial charge in [-0.3, -0.25) is 0 Å². The van der Waals surface area contributed by atoms with Crippen LogP contribution < -0.4 is 10.6 Å². The van der Waals surface area contributed by atoms with Crippen molar-refractivity contribution in [2.75, 3.05) is 6.61 Å². The Bertz CT molecular complexity index is 377. The molecular weight excluding hydrogens is 280 g/mol. The molecule has 0 heterocycles. The maximum Gasteiger partial charge on any atom is 0.407 e. The summed E-state index contributed by atoms with van der Waals surface area (Å²) in [6.07, 6.45) is 4.48. The molecule has 0 bridgehead atoms. The maximum atomic E-state index is 12.0. The summed E-state index contributed by atoms with van der Waals surface area (Å²) < 4.78 is 11.2. The van der Waals surface area contributed by atoms with Gasteiger partial charge in [-0.1, -0.05) is 6.92 Å². The predicted molar refractivity (Wildman–Crippen MR) is 86.9 cm³/mol. The molecule has 0 aromatic heterocycles. The molecule has 22 heavy (non-hydrogen) atoms. The van der Waals surface area contributed by atoms with Gasteiger partial charge in [0.2, 0.25) is 0 Å². The standard InChI is InChI=1S/C17H32N2O3/c1-6-12(11-8-9-11)18-15-13(10-14(15)21-7-2)19-16(20)22-17(3,4)5/h11-15,18H,6-10H2,1-5H3,(H,19,20). The number of alkyl carbamates (subject to hydrolysis) is 1. The number of carbonyl (C=O) groups is 1. The molecule has 2 saturated carbocycles. The van der Waals surface area contributed by atoms with Crippen LogP contribution in [0.15, 0.2) is 0 Å². The quantitative estimate of drug-likeness (QED) is 0.759. The zero-order valence-electron chi connectivity index (χ0n) is 14.6. The molecule has 0 radical (unpaired) electrons. The Hall–Kier alpha value is -0.810. The summed E-state index contributed by atoms with van der Waals surface area (Å²) >= 11 is 0. The molecule has 4 atom stereocenters. The van der Waals surface area contributed by atoms with Crippen LogP contribution in [0.3, 0.4) is 0 Å². The van der Waals surface area contributed by atoms with Crippen LogP contribution in [0.5, 0.6) is 0 Å². The summed E-state index contributed by atoms with van der Waals surface area (Å²) in [5.74, 6) is 0.801. The fourth-order valence-electron chi connectivity index (χ4n) is 3.16. The van der Waals surface area contributed by atoms with Gasteiger partial charge in [0, 0.05) is 12.6 Å². The van der Waals surface area contributed by atoms with Gasteiger partial charge in [0.1, 0.15) is 5.60 Å². The third-order valence-corrected chi connectivity index (χ3v) is 4.44. The minimum Gasteiger partial charge on any atom is -0.444 e. The first-order chi connectivity index (χ1) is 10.3. The Morgan fingerprint density at radius 2 is 1.95 bits per heavy atom. The molecule has 2 aliphatic carbocycles. The maximum absolute atomic E-state index is 12.0. The number of carbonyl (C=O) groups excluding carboxylic acids is 1. The van der Waals surface area contributed by atoms with Crippen molar-refractivity contribution in [2.24, 2.45) is 5.92 Å². The summed E-state index contributed by atoms with van der Waals surface area (Å²) in [5.41, 5.74) is -0.462. The van der Waals surface area contributed by atoms with Crippen LogP contribution in [0.2, 0.25) is 0 Å². The number of nitrogens with one attached hydrogen (secondary N) is 2. The summed E-state index contributed by atoms with van der Waals surface area (Å²) in [6.45, 7) is 10.6. The van der Waals surface area contributed by atoms with Gasteiger partial charge in [0.05, 0.1) is 18.2 Å². The minimum atomic E-state index is -0.462. The number of ether oxygens (including phenoxy) is 2. The summed E-state index contributed by atoms with van der Waals surface area (Å²) in [4.78, 5) is 12.0. The minimum absolute atomic E-state index is 0.0965. The van der Waals surface area contributed by atoms with Gasteiger partial charge >= 0.3 is 6.09 Å². The molecule has 2 N–H and O–H groups in total. The highest BCUT2D eigenvalue weighted by Gasteiger charge is 2.45. The molecule has 5 heteroatoms. The van der Waals surface area contributed by atoms with E-state index in [0.717, 1.165) is 18.8 Å². The molecule has 0 spiro atoms. The van der Waals surface area contributed by atoms with Crippen molar-refractivity contribution >= 4 is 6.09 Å². The first-order valence-electron chi connectivity index (χ1n) is 8.71. The van der Waals surface area contributed by atoms with Gasteiger partial charge in [0.25, 0.3) is 0 Å². The second-order valence-corrected chi connectivity index (χ2v) is 7.53. The second kappa shape index (κ2) is 7.18. The van der Waals surface area contributed by atoms with Crippen molar-refractivity contribution in [1.29, 1.82) is 0 Å². The lowest BCUT2D eigenvalue weighted by Crippen LogP contribution is -2.68. The Kier molecular flexibility index (Phi) is 5.72. The third-order valence-electron chi connectivity index (χ3n) is 4.44. The zero-order valence-corrected chi connectivity index (χ0v) is 14.6. The molecule has 0 aromatic carbocycles. The molecule has 2 fully saturated rings. The van der Waals surface area contributed by atoms with Crippen LogP contribution in [0.4, 0.5) is 4.79 Å². The average Bonchev–Trinajstić information content (AvgIpc) is 3.20. The van der Waals surface area contributed by atoms with E-state index in [4.69, 9.17) is 9.47 Å². The van der Waals surface area contributed by atoms with Crippen LogP contribution in [-0.4, -0.2) is 42.5 Å². The van der Waals surface area contributed by atoms with Crippen molar-refractivity contribution in [3.63, 3.8) is 0 Å². The van der Waals surface area contributed by atoms with Crippen molar-refractivity contribution in [2.45, 2.75) is 90.1 Å². The van der Waals surface area contributed by atoms with Crippen molar-refractivity contribution in [1.82, 2.24) is 10.6 Å². The highest BCUT2D eigenvalue weighted by Crippen LogP contribution is 2.36. The zero-order chi connectivity index (χ0) is 16.3. The lowest BCUT2D eigenvalue weighted by Gasteiger charge is -2.46. The lowest BCUT2D eigenvalue weighted by atomic mass is 9.81. The Labute approximate surface area is 134 Å². The molecule has 4 unspecified atom stereocenters. The second-order valence-electron chi connectivity index (χ2n) is 7.53. The molecule has 128 valence electrons. The molecule has 1 amide bonds. The van der Waals surface area contributed by atoms with E-state index in [1.54, 1.807) is 0 Å². The molecule has 0 saturated heterocycles. The Morgan fingerprint density at radius 3 is 2.45 bits per heavy atom. The van der Waals surface area contributed by atoms with Crippen LogP contribution in [0.25, 0.3) is 0 Å². The average molecular weight is 312 g/mol. The largest absolute Gasteiger partial charge is 0.444 e. The first-order valence-corrected chi connectivity index (χ1v) is 8.71. The van der Waals surface area contributed by atoms with Gasteiger partial charge in [-0.05, 0) is 59.3 Å². The third kappa shape index (κ3) is 4.85. The van der Waals surface area contributed by atoms with E-state index in [0.29, 0.717) is 12.6 Å². The molecule has 5 nitrogen and oxygen atoms in total. The lowest BCUT2D eigenvalue weighted by molar-refractivity contribution is -0.0475. The van der Waals surface area contributed by atoms with Gasteiger partial charge in [-0.25, -0.2) is 4.79 Å². The van der Waals surface area contributed by atoms with Gasteiger partial charge in [-0.2, -0.15) is 0 Å². The Morgan fingerprint density at radius 1 is 1.27 bits per heavy atom. The molecule has 0 aliphatic heterocycles. The smallest absolute Gasteiger partial charge is 0.407 e. The first kappa shape index (κ1) is 17.5. The summed E-state index contributed by atoms with van der Waals surface area (Å²) in [5, 5.41) is 6.72. The van der Waals surface area contributed by atoms with Crippen LogP contribution >= 0.6 is 0 Å². The van der Waals surface area contributed by atoms with Crippen molar-refractivity contribution < 1.29 is 14.3 Å². The van der Waals surface area contributed by atoms with E-state index in [1.807, 2.05) is 27.7 Å². The fraction of sp³-hybridized carbons (Fsp3) is 0.941. The number of hydrogen-bond acceptors (Lipinski definition) is 4. The van der Waals surface area contributed by atoms with E-state index in [-0.39, 0.29) is 24.3 Å². The molecule has 0 aromatic rings. The van der Waals surface area contributed by atoms with E-state index < -0.39 is 5.60 Å². The van der Waals surface area contributed by atoms with Crippen molar-refractivity contribution in [3.05, 3.63) is 0 Å². The van der Waals surface area contributed by atoms with E-state index in [9.17, 15) is 4.79 Å². The highest BCUT2D eigenvalue weighted by atomic mass is 16.6. The number of amides is 1. The topological polar surface area (TPSA) is 59.6 Å². The summed E-state index contributed by atoms with van der Waals surface area (Å²) in [6, 6.07) is 0.827. The normalized spacial score (nSPS) is 29.6. The van der Waals surface area contributed by atoms with E-state index in [2.05, 4.69) is 17.6 Å².